The first-order valence-electron chi connectivity index (χ1n) is 6.43. The van der Waals surface area contributed by atoms with E-state index in [4.69, 9.17) is 0 Å². The highest BCUT2D eigenvalue weighted by Crippen LogP contribution is 2.26. The summed E-state index contributed by atoms with van der Waals surface area (Å²) in [5, 5.41) is 20.3. The minimum absolute atomic E-state index is 0.0503. The van der Waals surface area contributed by atoms with E-state index in [1.807, 2.05) is 0 Å². The molecular formula is C12H15FN2O5S. The van der Waals surface area contributed by atoms with Crippen LogP contribution in [0.4, 0.5) is 10.1 Å². The largest absolute Gasteiger partial charge is 0.393 e. The summed E-state index contributed by atoms with van der Waals surface area (Å²) in [5.74, 6) is -1.26. The molecule has 1 aromatic carbocycles. The van der Waals surface area contributed by atoms with Crippen LogP contribution in [0.25, 0.3) is 0 Å². The third-order valence-corrected chi connectivity index (χ3v) is 5.00. The molecule has 0 heterocycles. The van der Waals surface area contributed by atoms with Gasteiger partial charge in [0.1, 0.15) is 0 Å². The van der Waals surface area contributed by atoms with Crippen molar-refractivity contribution in [3.8, 4) is 0 Å². The van der Waals surface area contributed by atoms with Crippen LogP contribution in [0.15, 0.2) is 23.1 Å². The van der Waals surface area contributed by atoms with Crippen molar-refractivity contribution in [3.05, 3.63) is 34.1 Å². The standard InChI is InChI=1S/C12H15FN2O5S/c13-10-5-4-9(6-11(10)15(17)18)21(19,20)14-7-8-2-1-3-12(8)16/h4-6,8,12,14,16H,1-3,7H2. The molecule has 2 N–H and O–H groups in total. The SMILES string of the molecule is O=[N+]([O-])c1cc(S(=O)(=O)NCC2CCCC2O)ccc1F. The maximum Gasteiger partial charge on any atom is 0.306 e. The smallest absolute Gasteiger partial charge is 0.306 e. The Morgan fingerprint density at radius 3 is 2.71 bits per heavy atom. The second-order valence-corrected chi connectivity index (χ2v) is 6.75. The number of benzene rings is 1. The Morgan fingerprint density at radius 2 is 2.14 bits per heavy atom. The molecule has 21 heavy (non-hydrogen) atoms. The average Bonchev–Trinajstić information content (AvgIpc) is 2.82. The summed E-state index contributed by atoms with van der Waals surface area (Å²) < 4.78 is 39.6. The fourth-order valence-electron chi connectivity index (χ4n) is 2.35. The van der Waals surface area contributed by atoms with E-state index < -0.39 is 32.6 Å². The molecule has 1 saturated carbocycles. The van der Waals surface area contributed by atoms with Gasteiger partial charge < -0.3 is 5.11 Å². The van der Waals surface area contributed by atoms with E-state index in [-0.39, 0.29) is 17.4 Å². The number of sulfonamides is 1. The first-order valence-corrected chi connectivity index (χ1v) is 7.91. The molecule has 1 aliphatic carbocycles. The number of aliphatic hydroxyl groups excluding tert-OH is 1. The highest BCUT2D eigenvalue weighted by Gasteiger charge is 2.27. The van der Waals surface area contributed by atoms with Gasteiger partial charge in [0.15, 0.2) is 0 Å². The summed E-state index contributed by atoms with van der Waals surface area (Å²) >= 11 is 0. The van der Waals surface area contributed by atoms with Crippen LogP contribution >= 0.6 is 0 Å². The lowest BCUT2D eigenvalue weighted by Crippen LogP contribution is -2.32. The highest BCUT2D eigenvalue weighted by molar-refractivity contribution is 7.89. The van der Waals surface area contributed by atoms with Crippen LogP contribution in [-0.4, -0.2) is 31.1 Å². The third kappa shape index (κ3) is 3.55. The minimum atomic E-state index is -3.98. The van der Waals surface area contributed by atoms with E-state index in [0.717, 1.165) is 18.6 Å². The zero-order chi connectivity index (χ0) is 15.6. The van der Waals surface area contributed by atoms with Gasteiger partial charge in [-0.2, -0.15) is 4.39 Å². The van der Waals surface area contributed by atoms with Crippen molar-refractivity contribution in [2.24, 2.45) is 5.92 Å². The van der Waals surface area contributed by atoms with Crippen LogP contribution in [0.5, 0.6) is 0 Å². The van der Waals surface area contributed by atoms with Crippen molar-refractivity contribution in [3.63, 3.8) is 0 Å². The molecule has 2 unspecified atom stereocenters. The quantitative estimate of drug-likeness (QED) is 0.625. The topological polar surface area (TPSA) is 110 Å². The predicted octanol–water partition coefficient (Wildman–Crippen LogP) is 1.17. The Bertz CT molecular complexity index is 649. The van der Waals surface area contributed by atoms with Gasteiger partial charge in [-0.25, -0.2) is 13.1 Å². The molecule has 7 nitrogen and oxygen atoms in total. The number of hydrogen-bond donors (Lipinski definition) is 2. The van der Waals surface area contributed by atoms with Gasteiger partial charge in [0.2, 0.25) is 15.8 Å². The number of hydrogen-bond acceptors (Lipinski definition) is 5. The molecule has 9 heteroatoms. The summed E-state index contributed by atoms with van der Waals surface area (Å²) in [6.07, 6.45) is 1.63. The van der Waals surface area contributed by atoms with Gasteiger partial charge in [0.05, 0.1) is 15.9 Å². The van der Waals surface area contributed by atoms with Crippen LogP contribution in [0.3, 0.4) is 0 Å². The predicted molar refractivity (Wildman–Crippen MR) is 71.6 cm³/mol. The average molecular weight is 318 g/mol. The van der Waals surface area contributed by atoms with Crippen molar-refractivity contribution >= 4 is 15.7 Å². The summed E-state index contributed by atoms with van der Waals surface area (Å²) in [7, 11) is -3.98. The molecular weight excluding hydrogens is 303 g/mol. The Morgan fingerprint density at radius 1 is 1.43 bits per heavy atom. The molecule has 116 valence electrons. The highest BCUT2D eigenvalue weighted by atomic mass is 32.2. The monoisotopic (exact) mass is 318 g/mol. The number of nitrogens with zero attached hydrogens (tertiary/aromatic N) is 1. The number of aliphatic hydroxyl groups is 1. The van der Waals surface area contributed by atoms with Crippen molar-refractivity contribution in [2.75, 3.05) is 6.54 Å². The van der Waals surface area contributed by atoms with Gasteiger partial charge in [-0.05, 0) is 30.9 Å². The second-order valence-electron chi connectivity index (χ2n) is 4.98. The Labute approximate surface area is 121 Å². The molecule has 0 bridgehead atoms. The fraction of sp³-hybridized carbons (Fsp3) is 0.500. The van der Waals surface area contributed by atoms with E-state index in [1.165, 1.54) is 0 Å². The van der Waals surface area contributed by atoms with E-state index in [2.05, 4.69) is 4.72 Å². The van der Waals surface area contributed by atoms with Crippen molar-refractivity contribution in [2.45, 2.75) is 30.3 Å². The summed E-state index contributed by atoms with van der Waals surface area (Å²) in [5.41, 5.74) is -0.890. The van der Waals surface area contributed by atoms with Crippen LogP contribution in [0.2, 0.25) is 0 Å². The molecule has 0 amide bonds. The normalized spacial score (nSPS) is 22.4. The Balaban J connectivity index is 2.15. The first-order chi connectivity index (χ1) is 9.81. The van der Waals surface area contributed by atoms with Gasteiger partial charge in [0, 0.05) is 12.6 Å². The third-order valence-electron chi connectivity index (χ3n) is 3.58. The van der Waals surface area contributed by atoms with E-state index >= 15 is 0 Å². The lowest BCUT2D eigenvalue weighted by Gasteiger charge is -2.15. The van der Waals surface area contributed by atoms with Crippen LogP contribution in [0.1, 0.15) is 19.3 Å². The van der Waals surface area contributed by atoms with Gasteiger partial charge >= 0.3 is 5.69 Å². The van der Waals surface area contributed by atoms with Crippen LogP contribution in [-0.2, 0) is 10.0 Å². The van der Waals surface area contributed by atoms with Crippen LogP contribution in [0, 0.1) is 21.8 Å². The maximum absolute atomic E-state index is 13.2. The first kappa shape index (κ1) is 15.8. The molecule has 2 rings (SSSR count). The van der Waals surface area contributed by atoms with Gasteiger partial charge in [-0.15, -0.1) is 0 Å². The molecule has 0 saturated heterocycles. The lowest BCUT2D eigenvalue weighted by atomic mass is 10.1. The molecule has 1 aliphatic rings. The summed E-state index contributed by atoms with van der Waals surface area (Å²) in [6, 6.07) is 2.40. The van der Waals surface area contributed by atoms with Crippen molar-refractivity contribution in [1.29, 1.82) is 0 Å². The van der Waals surface area contributed by atoms with E-state index in [0.29, 0.717) is 18.9 Å². The van der Waals surface area contributed by atoms with Gasteiger partial charge in [-0.1, -0.05) is 6.42 Å². The van der Waals surface area contributed by atoms with Crippen molar-refractivity contribution < 1.29 is 22.8 Å². The Kier molecular flexibility index (Phi) is 4.55. The molecule has 0 radical (unpaired) electrons. The molecule has 0 spiro atoms. The molecule has 0 aromatic heterocycles. The Hall–Kier alpha value is -1.58. The number of rotatable bonds is 5. The van der Waals surface area contributed by atoms with Crippen molar-refractivity contribution in [1.82, 2.24) is 4.72 Å². The van der Waals surface area contributed by atoms with E-state index in [9.17, 15) is 28.0 Å². The summed E-state index contributed by atoms with van der Waals surface area (Å²) in [6.45, 7) is 0.0503. The zero-order valence-electron chi connectivity index (χ0n) is 11.0. The second kappa shape index (κ2) is 6.04. The minimum Gasteiger partial charge on any atom is -0.393 e. The molecule has 1 fully saturated rings. The number of nitro benzene ring substituents is 1. The van der Waals surface area contributed by atoms with E-state index in [1.54, 1.807) is 0 Å². The summed E-state index contributed by atoms with van der Waals surface area (Å²) in [4.78, 5) is 9.28. The van der Waals surface area contributed by atoms with Crippen LogP contribution < -0.4 is 4.72 Å². The van der Waals surface area contributed by atoms with Gasteiger partial charge in [0.25, 0.3) is 0 Å². The lowest BCUT2D eigenvalue weighted by molar-refractivity contribution is -0.387. The maximum atomic E-state index is 13.2. The number of nitrogens with one attached hydrogen (secondary N) is 1. The number of halogens is 1. The molecule has 0 aliphatic heterocycles. The fourth-order valence-corrected chi connectivity index (χ4v) is 3.47. The molecule has 1 aromatic rings. The zero-order valence-corrected chi connectivity index (χ0v) is 11.8. The molecule has 2 atom stereocenters. The van der Waals surface area contributed by atoms with Gasteiger partial charge in [-0.3, -0.25) is 10.1 Å². The number of nitro groups is 1.